The summed E-state index contributed by atoms with van der Waals surface area (Å²) in [6.45, 7) is 0. The molecular formula is C49H40Cl2P2Ru+2. The van der Waals surface area contributed by atoms with Crippen LogP contribution in [0.5, 0.6) is 0 Å². The summed E-state index contributed by atoms with van der Waals surface area (Å²) in [5.41, 5.74) is 4.95. The maximum Gasteiger partial charge on any atom is 0.102 e. The zero-order valence-electron chi connectivity index (χ0n) is 29.5. The second kappa shape index (κ2) is 19.3. The van der Waals surface area contributed by atoms with E-state index in [1.54, 1.807) is 0 Å². The fourth-order valence-corrected chi connectivity index (χ4v) is 15.0. The molecule has 0 unspecified atom stereocenters. The fraction of sp³-hybridized carbons (Fsp3) is 0. The van der Waals surface area contributed by atoms with Crippen molar-refractivity contribution in [2.24, 2.45) is 0 Å². The summed E-state index contributed by atoms with van der Waals surface area (Å²) in [7, 11) is 10.7. The van der Waals surface area contributed by atoms with E-state index in [1.165, 1.54) is 58.2 Å². The molecular weight excluding hydrogens is 822 g/mol. The maximum absolute atomic E-state index is 6.21. The van der Waals surface area contributed by atoms with Crippen LogP contribution in [0.4, 0.5) is 0 Å². The van der Waals surface area contributed by atoms with E-state index in [2.05, 4.69) is 218 Å². The van der Waals surface area contributed by atoms with Crippen molar-refractivity contribution < 1.29 is 13.5 Å². The first-order valence-electron chi connectivity index (χ1n) is 17.8. The molecule has 0 saturated carbocycles. The first-order chi connectivity index (χ1) is 26.7. The molecule has 0 N–H and O–H groups in total. The van der Waals surface area contributed by atoms with Gasteiger partial charge < -0.3 is 0 Å². The number of hydrogen-bond donors (Lipinski definition) is 0. The van der Waals surface area contributed by atoms with E-state index in [-0.39, 0.29) is 0 Å². The monoisotopic (exact) mass is 862 g/mol. The maximum atomic E-state index is 6.21. The second-order valence-corrected chi connectivity index (χ2v) is 23.2. The Morgan fingerprint density at radius 2 is 0.426 bits per heavy atom. The molecule has 0 radical (unpaired) electrons. The predicted octanol–water partition coefficient (Wildman–Crippen LogP) is 10.5. The van der Waals surface area contributed by atoms with E-state index < -0.39 is 29.4 Å². The Morgan fingerprint density at radius 3 is 0.630 bits per heavy atom. The van der Waals surface area contributed by atoms with Crippen LogP contribution in [0.15, 0.2) is 231 Å². The Labute approximate surface area is 335 Å². The van der Waals surface area contributed by atoms with Crippen LogP contribution in [0, 0.1) is 0 Å². The van der Waals surface area contributed by atoms with Crippen molar-refractivity contribution in [1.29, 1.82) is 0 Å². The second-order valence-electron chi connectivity index (χ2n) is 12.5. The van der Waals surface area contributed by atoms with Gasteiger partial charge in [0.2, 0.25) is 0 Å². The zero-order valence-corrected chi connectivity index (χ0v) is 34.8. The van der Waals surface area contributed by atoms with Crippen molar-refractivity contribution >= 4 is 71.2 Å². The van der Waals surface area contributed by atoms with Gasteiger partial charge >= 0.3 is 108 Å². The van der Waals surface area contributed by atoms with Crippen LogP contribution in [-0.2, 0) is 13.5 Å². The largest absolute Gasteiger partial charge is 0.102 e. The summed E-state index contributed by atoms with van der Waals surface area (Å²) in [4.78, 5) is 0. The van der Waals surface area contributed by atoms with Gasteiger partial charge in [-0.1, -0.05) is 109 Å². The first kappa shape index (κ1) is 38.0. The molecule has 266 valence electrons. The Bertz CT molecular complexity index is 2030. The predicted molar refractivity (Wildman–Crippen MR) is 240 cm³/mol. The molecule has 0 nitrogen and oxygen atoms in total. The van der Waals surface area contributed by atoms with Crippen molar-refractivity contribution in [2.45, 2.75) is 0 Å². The number of benzene rings is 8. The van der Waals surface area contributed by atoms with Crippen molar-refractivity contribution in [2.75, 3.05) is 0 Å². The molecule has 0 fully saturated rings. The minimum atomic E-state index is -1.88. The number of hydrogen-bond acceptors (Lipinski definition) is 0. The van der Waals surface area contributed by atoms with Crippen molar-refractivity contribution in [3.05, 3.63) is 242 Å². The summed E-state index contributed by atoms with van der Waals surface area (Å²) >= 11 is -1.88. The van der Waals surface area contributed by atoms with E-state index in [0.29, 0.717) is 0 Å². The molecule has 8 aromatic carbocycles. The van der Waals surface area contributed by atoms with Gasteiger partial charge in [0.05, 0.1) is 15.8 Å². The number of fused-ring (bicyclic) bond motifs is 3. The molecule has 1 aliphatic carbocycles. The van der Waals surface area contributed by atoms with E-state index >= 15 is 0 Å². The van der Waals surface area contributed by atoms with E-state index in [9.17, 15) is 0 Å². The summed E-state index contributed by atoms with van der Waals surface area (Å²) < 4.78 is 1.17. The van der Waals surface area contributed by atoms with E-state index in [4.69, 9.17) is 19.4 Å². The molecule has 9 rings (SSSR count). The van der Waals surface area contributed by atoms with Crippen molar-refractivity contribution in [3.8, 4) is 11.1 Å². The SMILES string of the molecule is [Cl][Ru]([Cl])=[C]1c2ccccc2-c2ccccc21.c1ccc([PH+](c2ccccc2)c2ccccc2)cc1.c1ccc([PH+](c2ccccc2)c2ccccc2)cc1. The van der Waals surface area contributed by atoms with Crippen molar-refractivity contribution in [1.82, 2.24) is 0 Å². The van der Waals surface area contributed by atoms with Gasteiger partial charge in [-0.25, -0.2) is 0 Å². The zero-order chi connectivity index (χ0) is 37.0. The molecule has 0 bridgehead atoms. The third kappa shape index (κ3) is 9.31. The van der Waals surface area contributed by atoms with Crippen LogP contribution in [0.3, 0.4) is 0 Å². The van der Waals surface area contributed by atoms with Gasteiger partial charge in [-0.05, 0) is 72.8 Å². The molecule has 0 aliphatic heterocycles. The molecule has 0 aromatic heterocycles. The van der Waals surface area contributed by atoms with Gasteiger partial charge in [0, 0.05) is 0 Å². The molecule has 0 atom stereocenters. The Kier molecular flexibility index (Phi) is 13.6. The van der Waals surface area contributed by atoms with Gasteiger partial charge in [0.25, 0.3) is 0 Å². The van der Waals surface area contributed by atoms with Gasteiger partial charge in [-0.3, -0.25) is 0 Å². The topological polar surface area (TPSA) is 0 Å². The van der Waals surface area contributed by atoms with E-state index in [1.807, 2.05) is 12.1 Å². The minimum Gasteiger partial charge on any atom is -0.0620 e. The summed E-state index contributed by atoms with van der Waals surface area (Å²) in [5, 5.41) is 8.61. The number of halogens is 2. The first-order valence-corrected chi connectivity index (χ1v) is 26.2. The standard InChI is InChI=1S/2C18H15P.C13H8.2ClH.Ru/c2*1-4-10-16(11-5-1)19(17-12-6-2-7-13-17)18-14-8-3-9-15-18;1-3-7-12-10(5-1)9-11-6-2-4-8-13(11)12;;;/h2*1-15H;1-8H;2*1H;/q;;;;;+2. The summed E-state index contributed by atoms with van der Waals surface area (Å²) in [5.74, 6) is 0. The van der Waals surface area contributed by atoms with Gasteiger partial charge in [0.15, 0.2) is 0 Å². The smallest absolute Gasteiger partial charge is 0.0620 e. The third-order valence-corrected chi connectivity index (χ3v) is 17.8. The molecule has 0 saturated heterocycles. The van der Waals surface area contributed by atoms with Crippen LogP contribution >= 0.6 is 35.2 Å². The molecule has 0 spiro atoms. The molecule has 0 heterocycles. The molecule has 1 aliphatic rings. The van der Waals surface area contributed by atoms with E-state index in [0.717, 1.165) is 0 Å². The third-order valence-electron chi connectivity index (χ3n) is 9.11. The average molecular weight is 863 g/mol. The Balaban J connectivity index is 0.000000126. The van der Waals surface area contributed by atoms with Crippen LogP contribution in [-0.4, -0.2) is 4.11 Å². The molecule has 5 heteroatoms. The van der Waals surface area contributed by atoms with Crippen molar-refractivity contribution in [3.63, 3.8) is 0 Å². The molecule has 54 heavy (non-hydrogen) atoms. The van der Waals surface area contributed by atoms with Gasteiger partial charge in [0.1, 0.15) is 31.8 Å². The van der Waals surface area contributed by atoms with Crippen LogP contribution < -0.4 is 31.8 Å². The normalized spacial score (nSPS) is 11.4. The summed E-state index contributed by atoms with van der Waals surface area (Å²) in [6, 6.07) is 81.7. The van der Waals surface area contributed by atoms with Crippen LogP contribution in [0.25, 0.3) is 11.1 Å². The van der Waals surface area contributed by atoms with Crippen LogP contribution in [0.1, 0.15) is 11.1 Å². The fourth-order valence-electron chi connectivity index (χ4n) is 6.73. The molecule has 8 aromatic rings. The quantitative estimate of drug-likeness (QED) is 0.115. The van der Waals surface area contributed by atoms with Gasteiger partial charge in [-0.15, -0.1) is 0 Å². The van der Waals surface area contributed by atoms with Gasteiger partial charge in [-0.2, -0.15) is 0 Å². The average Bonchev–Trinajstić information content (AvgIpc) is 3.59. The number of rotatable bonds is 6. The minimum absolute atomic E-state index is 0.877. The summed E-state index contributed by atoms with van der Waals surface area (Å²) in [6.07, 6.45) is 0. The van der Waals surface area contributed by atoms with Crippen LogP contribution in [0.2, 0.25) is 0 Å². The Hall–Kier alpha value is -4.31. The Morgan fingerprint density at radius 1 is 0.241 bits per heavy atom. The molecule has 0 amide bonds.